The molecule has 0 radical (unpaired) electrons. The van der Waals surface area contributed by atoms with Crippen molar-refractivity contribution in [3.63, 3.8) is 0 Å². The number of ether oxygens (including phenoxy) is 3. The van der Waals surface area contributed by atoms with Gasteiger partial charge in [-0.15, -0.1) is 0 Å². The van der Waals surface area contributed by atoms with Gasteiger partial charge in [0.1, 0.15) is 11.9 Å². The molecule has 1 saturated heterocycles. The van der Waals surface area contributed by atoms with Crippen LogP contribution >= 0.6 is 0 Å². The molecule has 39 heavy (non-hydrogen) atoms. The third kappa shape index (κ3) is 6.74. The summed E-state index contributed by atoms with van der Waals surface area (Å²) in [6.07, 6.45) is 2.88. The van der Waals surface area contributed by atoms with E-state index in [9.17, 15) is 18.8 Å². The van der Waals surface area contributed by atoms with Gasteiger partial charge in [-0.2, -0.15) is 0 Å². The molecule has 10 nitrogen and oxygen atoms in total. The Morgan fingerprint density at radius 1 is 1.05 bits per heavy atom. The zero-order valence-corrected chi connectivity index (χ0v) is 21.6. The first-order chi connectivity index (χ1) is 18.9. The average molecular weight is 540 g/mol. The number of nitrogens with zero attached hydrogens (tertiary/aromatic N) is 1. The second-order valence-electron chi connectivity index (χ2n) is 8.80. The Morgan fingerprint density at radius 2 is 1.87 bits per heavy atom. The number of furan rings is 1. The molecule has 0 bridgehead atoms. The van der Waals surface area contributed by atoms with Crippen molar-refractivity contribution in [3.05, 3.63) is 78.0 Å². The molecule has 2 heterocycles. The van der Waals surface area contributed by atoms with Crippen molar-refractivity contribution < 1.29 is 37.4 Å². The molecule has 3 aromatic rings. The monoisotopic (exact) mass is 539 g/mol. The van der Waals surface area contributed by atoms with Crippen molar-refractivity contribution in [2.24, 2.45) is 0 Å². The predicted octanol–water partition coefficient (Wildman–Crippen LogP) is 3.24. The largest absolute Gasteiger partial charge is 0.493 e. The molecule has 2 atom stereocenters. The van der Waals surface area contributed by atoms with Crippen LogP contribution < -0.4 is 25.0 Å². The first-order valence-electron chi connectivity index (χ1n) is 12.4. The number of methoxy groups -OCH3 is 2. The Kier molecular flexibility index (Phi) is 9.16. The van der Waals surface area contributed by atoms with E-state index in [2.05, 4.69) is 10.6 Å². The van der Waals surface area contributed by atoms with Crippen LogP contribution in [0.3, 0.4) is 0 Å². The van der Waals surface area contributed by atoms with Gasteiger partial charge in [-0.3, -0.25) is 19.3 Å². The van der Waals surface area contributed by atoms with Gasteiger partial charge < -0.3 is 29.3 Å². The number of hydrogen-bond donors (Lipinski definition) is 2. The maximum atomic E-state index is 14.4. The minimum atomic E-state index is -1.25. The number of carbonyl (C=O) groups is 3. The Morgan fingerprint density at radius 3 is 2.54 bits per heavy atom. The summed E-state index contributed by atoms with van der Waals surface area (Å²) in [5.41, 5.74) is 0.506. The van der Waals surface area contributed by atoms with E-state index >= 15 is 0 Å². The van der Waals surface area contributed by atoms with Crippen LogP contribution in [-0.2, 0) is 14.3 Å². The van der Waals surface area contributed by atoms with Gasteiger partial charge in [-0.25, -0.2) is 4.39 Å². The fourth-order valence-corrected chi connectivity index (χ4v) is 4.36. The molecule has 3 amide bonds. The molecule has 2 aromatic carbocycles. The van der Waals surface area contributed by atoms with Gasteiger partial charge in [0.25, 0.3) is 5.91 Å². The van der Waals surface area contributed by atoms with Crippen LogP contribution in [0.4, 0.5) is 10.1 Å². The lowest BCUT2D eigenvalue weighted by atomic mass is 10.0. The van der Waals surface area contributed by atoms with E-state index in [-0.39, 0.29) is 24.1 Å². The van der Waals surface area contributed by atoms with Crippen molar-refractivity contribution in [2.75, 3.05) is 38.8 Å². The van der Waals surface area contributed by atoms with Crippen LogP contribution in [0, 0.1) is 5.82 Å². The van der Waals surface area contributed by atoms with Crippen LogP contribution in [0.1, 0.15) is 35.0 Å². The Labute approximate surface area is 225 Å². The molecular formula is C28H30FN3O7. The zero-order valence-electron chi connectivity index (χ0n) is 21.6. The van der Waals surface area contributed by atoms with Crippen molar-refractivity contribution >= 4 is 23.4 Å². The lowest BCUT2D eigenvalue weighted by molar-refractivity contribution is -0.126. The molecule has 2 N–H and O–H groups in total. The van der Waals surface area contributed by atoms with Gasteiger partial charge in [0.2, 0.25) is 11.8 Å². The van der Waals surface area contributed by atoms with Crippen LogP contribution in [0.2, 0.25) is 0 Å². The van der Waals surface area contributed by atoms with Gasteiger partial charge in [0, 0.05) is 18.8 Å². The highest BCUT2D eigenvalue weighted by molar-refractivity contribution is 6.04. The predicted molar refractivity (Wildman–Crippen MR) is 139 cm³/mol. The first kappa shape index (κ1) is 27.6. The van der Waals surface area contributed by atoms with Gasteiger partial charge >= 0.3 is 0 Å². The standard InChI is InChI=1S/C28H30FN3O7/c1-36-22-11-10-18(14-24(22)37-2)26(28(35)30-16-21-8-4-12-38-21)32(20-7-3-6-19(29)15-20)25(33)17-31-27(34)23-9-5-13-39-23/h3,5-7,9-11,13-15,21,26H,4,8,12,16-17H2,1-2H3,(H,30,35)(H,31,34)/t21-,26+/m0/s1. The lowest BCUT2D eigenvalue weighted by Crippen LogP contribution is -2.48. The minimum Gasteiger partial charge on any atom is -0.493 e. The number of carbonyl (C=O) groups excluding carboxylic acids is 3. The molecule has 1 aromatic heterocycles. The maximum absolute atomic E-state index is 14.4. The second kappa shape index (κ2) is 12.9. The SMILES string of the molecule is COc1ccc([C@H](C(=O)NC[C@@H]2CCCO2)N(C(=O)CNC(=O)c2ccco2)c2cccc(F)c2)cc1OC. The summed E-state index contributed by atoms with van der Waals surface area (Å²) in [4.78, 5) is 41.0. The Balaban J connectivity index is 1.71. The van der Waals surface area contributed by atoms with Crippen LogP contribution in [-0.4, -0.2) is 57.7 Å². The lowest BCUT2D eigenvalue weighted by Gasteiger charge is -2.32. The topological polar surface area (TPSA) is 119 Å². The molecular weight excluding hydrogens is 509 g/mol. The van der Waals surface area contributed by atoms with E-state index in [0.717, 1.165) is 23.8 Å². The van der Waals surface area contributed by atoms with E-state index in [1.165, 1.54) is 44.7 Å². The van der Waals surface area contributed by atoms with E-state index in [1.54, 1.807) is 24.3 Å². The van der Waals surface area contributed by atoms with E-state index in [4.69, 9.17) is 18.6 Å². The molecule has 0 spiro atoms. The molecule has 1 aliphatic rings. The van der Waals surface area contributed by atoms with Crippen LogP contribution in [0.15, 0.2) is 65.3 Å². The molecule has 0 aliphatic carbocycles. The summed E-state index contributed by atoms with van der Waals surface area (Å²) in [5.74, 6) is -1.61. The number of amides is 3. The third-order valence-electron chi connectivity index (χ3n) is 6.26. The molecule has 1 aliphatic heterocycles. The Bertz CT molecular complexity index is 1290. The number of hydrogen-bond acceptors (Lipinski definition) is 7. The zero-order chi connectivity index (χ0) is 27.8. The number of benzene rings is 2. The molecule has 206 valence electrons. The summed E-state index contributed by atoms with van der Waals surface area (Å²) < 4.78 is 35.8. The summed E-state index contributed by atoms with van der Waals surface area (Å²) >= 11 is 0. The average Bonchev–Trinajstić information content (AvgIpc) is 3.68. The summed E-state index contributed by atoms with van der Waals surface area (Å²) in [6, 6.07) is 11.9. The van der Waals surface area contributed by atoms with E-state index < -0.39 is 36.1 Å². The summed E-state index contributed by atoms with van der Waals surface area (Å²) in [5, 5.41) is 5.37. The first-order valence-corrected chi connectivity index (χ1v) is 12.4. The number of nitrogens with one attached hydrogen (secondary N) is 2. The van der Waals surface area contributed by atoms with Crippen molar-refractivity contribution in [3.8, 4) is 11.5 Å². The number of rotatable bonds is 11. The molecule has 0 saturated carbocycles. The van der Waals surface area contributed by atoms with E-state index in [1.807, 2.05) is 0 Å². The van der Waals surface area contributed by atoms with Gasteiger partial charge in [0.05, 0.1) is 33.1 Å². The quantitative estimate of drug-likeness (QED) is 0.384. The van der Waals surface area contributed by atoms with Gasteiger partial charge in [-0.05, 0) is 60.9 Å². The van der Waals surface area contributed by atoms with Gasteiger partial charge in [0.15, 0.2) is 17.3 Å². The molecule has 11 heteroatoms. The molecule has 1 fully saturated rings. The van der Waals surface area contributed by atoms with Crippen molar-refractivity contribution in [1.82, 2.24) is 10.6 Å². The molecule has 0 unspecified atom stereocenters. The highest BCUT2D eigenvalue weighted by Crippen LogP contribution is 2.34. The van der Waals surface area contributed by atoms with Crippen LogP contribution in [0.5, 0.6) is 11.5 Å². The smallest absolute Gasteiger partial charge is 0.287 e. The van der Waals surface area contributed by atoms with Crippen LogP contribution in [0.25, 0.3) is 0 Å². The highest BCUT2D eigenvalue weighted by atomic mass is 19.1. The summed E-state index contributed by atoms with van der Waals surface area (Å²) in [6.45, 7) is 0.366. The fourth-order valence-electron chi connectivity index (χ4n) is 4.36. The fraction of sp³-hybridized carbons (Fsp3) is 0.321. The summed E-state index contributed by atoms with van der Waals surface area (Å²) in [7, 11) is 2.93. The van der Waals surface area contributed by atoms with Gasteiger partial charge in [-0.1, -0.05) is 12.1 Å². The van der Waals surface area contributed by atoms with Crippen molar-refractivity contribution in [1.29, 1.82) is 0 Å². The normalized spacial score (nSPS) is 15.3. The number of halogens is 1. The molecule has 4 rings (SSSR count). The van der Waals surface area contributed by atoms with Crippen molar-refractivity contribution in [2.45, 2.75) is 25.0 Å². The van der Waals surface area contributed by atoms with E-state index in [0.29, 0.717) is 23.7 Å². The maximum Gasteiger partial charge on any atom is 0.287 e. The Hall–Kier alpha value is -4.38. The third-order valence-corrected chi connectivity index (χ3v) is 6.26. The second-order valence-corrected chi connectivity index (χ2v) is 8.80. The number of anilines is 1. The highest BCUT2D eigenvalue weighted by Gasteiger charge is 2.34. The minimum absolute atomic E-state index is 0.0193.